The molecule has 0 fully saturated rings. The Hall–Kier alpha value is -2.43. The number of benzene rings is 2. The molecule has 0 aliphatic rings. The molecule has 3 nitrogen and oxygen atoms in total. The van der Waals surface area contributed by atoms with E-state index in [4.69, 9.17) is 0 Å². The molecule has 0 heterocycles. The third-order valence-corrected chi connectivity index (χ3v) is 3.05. The first-order chi connectivity index (χ1) is 10.0. The van der Waals surface area contributed by atoms with Crippen LogP contribution in [-0.4, -0.2) is 19.5 Å². The second-order valence-electron chi connectivity index (χ2n) is 4.74. The lowest BCUT2D eigenvalue weighted by Gasteiger charge is -2.18. The minimum atomic E-state index is -0.312. The van der Waals surface area contributed by atoms with E-state index in [0.717, 1.165) is 11.3 Å². The number of hydrogen-bond acceptors (Lipinski definition) is 2. The van der Waals surface area contributed by atoms with Gasteiger partial charge in [-0.1, -0.05) is 12.1 Å². The van der Waals surface area contributed by atoms with Crippen LogP contribution in [-0.2, 0) is 11.3 Å². The molecule has 0 aliphatic carbocycles. The van der Waals surface area contributed by atoms with Crippen LogP contribution in [0.3, 0.4) is 0 Å². The second-order valence-corrected chi connectivity index (χ2v) is 4.74. The van der Waals surface area contributed by atoms with Gasteiger partial charge in [0.2, 0.25) is 5.91 Å². The highest BCUT2D eigenvalue weighted by molar-refractivity contribution is 5.81. The Morgan fingerprint density at radius 3 is 2.10 bits per heavy atom. The van der Waals surface area contributed by atoms with Crippen molar-refractivity contribution in [3.8, 4) is 0 Å². The van der Waals surface area contributed by atoms with Gasteiger partial charge in [0.05, 0.1) is 6.54 Å². The van der Waals surface area contributed by atoms with Gasteiger partial charge in [-0.25, -0.2) is 8.78 Å². The summed E-state index contributed by atoms with van der Waals surface area (Å²) in [6.07, 6.45) is 0. The van der Waals surface area contributed by atoms with E-state index in [0.29, 0.717) is 6.54 Å². The molecule has 2 aromatic carbocycles. The lowest BCUT2D eigenvalue weighted by Crippen LogP contribution is -2.34. The summed E-state index contributed by atoms with van der Waals surface area (Å²) in [6, 6.07) is 11.9. The van der Waals surface area contributed by atoms with Crippen molar-refractivity contribution in [3.05, 3.63) is 65.7 Å². The molecule has 1 N–H and O–H groups in total. The van der Waals surface area contributed by atoms with Gasteiger partial charge in [-0.15, -0.1) is 0 Å². The zero-order valence-electron chi connectivity index (χ0n) is 11.6. The maximum absolute atomic E-state index is 12.8. The summed E-state index contributed by atoms with van der Waals surface area (Å²) < 4.78 is 25.6. The van der Waals surface area contributed by atoms with Crippen LogP contribution in [0.2, 0.25) is 0 Å². The topological polar surface area (TPSA) is 32.3 Å². The number of anilines is 1. The Morgan fingerprint density at radius 1 is 1.00 bits per heavy atom. The van der Waals surface area contributed by atoms with E-state index in [-0.39, 0.29) is 24.1 Å². The molecule has 0 aliphatic heterocycles. The molecule has 2 rings (SSSR count). The summed E-state index contributed by atoms with van der Waals surface area (Å²) in [7, 11) is 1.75. The highest BCUT2D eigenvalue weighted by atomic mass is 19.1. The number of nitrogens with zero attached hydrogens (tertiary/aromatic N) is 1. The lowest BCUT2D eigenvalue weighted by molar-refractivity contribution is -0.119. The highest BCUT2D eigenvalue weighted by Gasteiger charge is 2.07. The van der Waals surface area contributed by atoms with Crippen molar-refractivity contribution in [2.45, 2.75) is 6.54 Å². The molecular weight excluding hydrogens is 274 g/mol. The fourth-order valence-corrected chi connectivity index (χ4v) is 1.86. The average Bonchev–Trinajstić information content (AvgIpc) is 2.47. The molecular formula is C16H16F2N2O. The highest BCUT2D eigenvalue weighted by Crippen LogP contribution is 2.12. The zero-order valence-corrected chi connectivity index (χ0v) is 11.6. The van der Waals surface area contributed by atoms with E-state index < -0.39 is 0 Å². The Morgan fingerprint density at radius 2 is 1.52 bits per heavy atom. The fourth-order valence-electron chi connectivity index (χ4n) is 1.86. The smallest absolute Gasteiger partial charge is 0.239 e. The van der Waals surface area contributed by atoms with Crippen molar-refractivity contribution in [3.63, 3.8) is 0 Å². The summed E-state index contributed by atoms with van der Waals surface area (Å²) in [5, 5.41) is 2.75. The van der Waals surface area contributed by atoms with Crippen LogP contribution in [0.5, 0.6) is 0 Å². The van der Waals surface area contributed by atoms with Crippen LogP contribution < -0.4 is 10.2 Å². The van der Waals surface area contributed by atoms with Crippen molar-refractivity contribution < 1.29 is 13.6 Å². The Balaban J connectivity index is 1.83. The van der Waals surface area contributed by atoms with E-state index in [2.05, 4.69) is 5.32 Å². The van der Waals surface area contributed by atoms with Crippen LogP contribution in [0.4, 0.5) is 14.5 Å². The number of likely N-dealkylation sites (N-methyl/N-ethyl adjacent to an activating group) is 1. The zero-order chi connectivity index (χ0) is 15.2. The molecule has 0 atom stereocenters. The predicted molar refractivity (Wildman–Crippen MR) is 77.9 cm³/mol. The van der Waals surface area contributed by atoms with E-state index in [9.17, 15) is 13.6 Å². The summed E-state index contributed by atoms with van der Waals surface area (Å²) in [4.78, 5) is 13.6. The second kappa shape index (κ2) is 6.83. The number of nitrogens with one attached hydrogen (secondary N) is 1. The van der Waals surface area contributed by atoms with Crippen LogP contribution >= 0.6 is 0 Å². The van der Waals surface area contributed by atoms with Crippen molar-refractivity contribution in [1.82, 2.24) is 5.32 Å². The number of amides is 1. The van der Waals surface area contributed by atoms with E-state index in [1.807, 2.05) is 0 Å². The number of carbonyl (C=O) groups is 1. The maximum atomic E-state index is 12.8. The molecule has 21 heavy (non-hydrogen) atoms. The Kier molecular flexibility index (Phi) is 4.87. The average molecular weight is 290 g/mol. The number of carbonyl (C=O) groups excluding carboxylic acids is 1. The van der Waals surface area contributed by atoms with Crippen LogP contribution in [0.1, 0.15) is 5.56 Å². The monoisotopic (exact) mass is 290 g/mol. The largest absolute Gasteiger partial charge is 0.365 e. The standard InChI is InChI=1S/C16H16F2N2O/c1-20(15-8-6-14(18)7-9-15)11-16(21)19-10-12-2-4-13(17)5-3-12/h2-9H,10-11H2,1H3,(H,19,21). The van der Waals surface area contributed by atoms with Gasteiger partial charge < -0.3 is 10.2 Å². The summed E-state index contributed by atoms with van der Waals surface area (Å²) in [6.45, 7) is 0.503. The molecule has 0 aromatic heterocycles. The van der Waals surface area contributed by atoms with E-state index in [1.165, 1.54) is 24.3 Å². The molecule has 0 saturated heterocycles. The van der Waals surface area contributed by atoms with Crippen molar-refractivity contribution in [1.29, 1.82) is 0 Å². The first-order valence-corrected chi connectivity index (χ1v) is 6.52. The molecule has 0 spiro atoms. The molecule has 0 saturated carbocycles. The third-order valence-electron chi connectivity index (χ3n) is 3.05. The quantitative estimate of drug-likeness (QED) is 0.918. The SMILES string of the molecule is CN(CC(=O)NCc1ccc(F)cc1)c1ccc(F)cc1. The summed E-state index contributed by atoms with van der Waals surface area (Å²) >= 11 is 0. The normalized spacial score (nSPS) is 10.2. The van der Waals surface area contributed by atoms with Crippen molar-refractivity contribution in [2.24, 2.45) is 0 Å². The molecule has 0 unspecified atom stereocenters. The van der Waals surface area contributed by atoms with Gasteiger partial charge in [0.25, 0.3) is 0 Å². The number of rotatable bonds is 5. The van der Waals surface area contributed by atoms with Gasteiger partial charge in [0, 0.05) is 19.3 Å². The van der Waals surface area contributed by atoms with E-state index >= 15 is 0 Å². The van der Waals surface area contributed by atoms with Gasteiger partial charge >= 0.3 is 0 Å². The Labute approximate surface area is 122 Å². The Bertz CT molecular complexity index is 597. The number of hydrogen-bond donors (Lipinski definition) is 1. The fraction of sp³-hybridized carbons (Fsp3) is 0.188. The minimum absolute atomic E-state index is 0.160. The molecule has 110 valence electrons. The number of halogens is 2. The van der Waals surface area contributed by atoms with Crippen LogP contribution in [0, 0.1) is 11.6 Å². The van der Waals surface area contributed by atoms with Gasteiger partial charge in [-0.05, 0) is 42.0 Å². The van der Waals surface area contributed by atoms with Gasteiger partial charge in [0.1, 0.15) is 11.6 Å². The van der Waals surface area contributed by atoms with Crippen LogP contribution in [0.15, 0.2) is 48.5 Å². The predicted octanol–water partition coefficient (Wildman–Crippen LogP) is 2.72. The summed E-state index contributed by atoms with van der Waals surface area (Å²) in [5.74, 6) is -0.778. The van der Waals surface area contributed by atoms with E-state index in [1.54, 1.807) is 36.2 Å². The van der Waals surface area contributed by atoms with Crippen molar-refractivity contribution in [2.75, 3.05) is 18.5 Å². The molecule has 5 heteroatoms. The van der Waals surface area contributed by atoms with Crippen molar-refractivity contribution >= 4 is 11.6 Å². The molecule has 0 bridgehead atoms. The first-order valence-electron chi connectivity index (χ1n) is 6.52. The lowest BCUT2D eigenvalue weighted by atomic mass is 10.2. The minimum Gasteiger partial charge on any atom is -0.365 e. The maximum Gasteiger partial charge on any atom is 0.239 e. The van der Waals surface area contributed by atoms with Crippen LogP contribution in [0.25, 0.3) is 0 Å². The van der Waals surface area contributed by atoms with Gasteiger partial charge in [-0.2, -0.15) is 0 Å². The summed E-state index contributed by atoms with van der Waals surface area (Å²) in [5.41, 5.74) is 1.59. The molecule has 1 amide bonds. The van der Waals surface area contributed by atoms with Gasteiger partial charge in [-0.3, -0.25) is 4.79 Å². The molecule has 0 radical (unpaired) electrons. The van der Waals surface area contributed by atoms with Gasteiger partial charge in [0.15, 0.2) is 0 Å². The molecule has 2 aromatic rings. The first kappa shape index (κ1) is 15.0. The third kappa shape index (κ3) is 4.56.